The first-order chi connectivity index (χ1) is 14.4. The molecular weight excluding hydrogens is 399 g/mol. The van der Waals surface area contributed by atoms with E-state index in [2.05, 4.69) is 5.32 Å². The van der Waals surface area contributed by atoms with E-state index in [9.17, 15) is 18.0 Å². The second-order valence-corrected chi connectivity index (χ2v) is 6.75. The summed E-state index contributed by atoms with van der Waals surface area (Å²) < 4.78 is 49.5. The molecule has 1 heterocycles. The Kier molecular flexibility index (Phi) is 6.91. The van der Waals surface area contributed by atoms with Gasteiger partial charge in [0.05, 0.1) is 19.2 Å². The van der Waals surface area contributed by atoms with Crippen molar-refractivity contribution >= 4 is 11.7 Å². The number of piperazine rings is 1. The van der Waals surface area contributed by atoms with Gasteiger partial charge in [0, 0.05) is 31.9 Å². The molecule has 6 nitrogen and oxygen atoms in total. The zero-order valence-corrected chi connectivity index (χ0v) is 16.6. The van der Waals surface area contributed by atoms with E-state index in [-0.39, 0.29) is 12.6 Å². The van der Waals surface area contributed by atoms with Crippen molar-refractivity contribution in [3.63, 3.8) is 0 Å². The number of carbonyl (C=O) groups excluding carboxylic acids is 1. The van der Waals surface area contributed by atoms with E-state index in [1.165, 1.54) is 6.07 Å². The number of halogens is 3. The minimum absolute atomic E-state index is 0.220. The summed E-state index contributed by atoms with van der Waals surface area (Å²) in [6.45, 7) is 2.39. The van der Waals surface area contributed by atoms with Crippen LogP contribution in [0.4, 0.5) is 23.7 Å². The second kappa shape index (κ2) is 9.60. The highest BCUT2D eigenvalue weighted by molar-refractivity contribution is 5.74. The lowest BCUT2D eigenvalue weighted by molar-refractivity contribution is -0.137. The quantitative estimate of drug-likeness (QED) is 0.721. The van der Waals surface area contributed by atoms with Gasteiger partial charge in [0.1, 0.15) is 6.61 Å². The number of para-hydroxylation sites is 2. The zero-order valence-electron chi connectivity index (χ0n) is 16.6. The maximum Gasteiger partial charge on any atom is 0.416 e. The minimum Gasteiger partial charge on any atom is -0.493 e. The molecule has 2 aromatic carbocycles. The Bertz CT molecular complexity index is 853. The third-order valence-electron chi connectivity index (χ3n) is 4.81. The second-order valence-electron chi connectivity index (χ2n) is 6.75. The lowest BCUT2D eigenvalue weighted by Crippen LogP contribution is -2.52. The Morgan fingerprint density at radius 3 is 2.40 bits per heavy atom. The monoisotopic (exact) mass is 423 g/mol. The van der Waals surface area contributed by atoms with Crippen LogP contribution in [0.1, 0.15) is 5.56 Å². The molecule has 0 radical (unpaired) electrons. The summed E-state index contributed by atoms with van der Waals surface area (Å²) in [6.07, 6.45) is -4.37. The molecule has 3 rings (SSSR count). The van der Waals surface area contributed by atoms with Gasteiger partial charge in [-0.15, -0.1) is 0 Å². The van der Waals surface area contributed by atoms with Crippen LogP contribution < -0.4 is 19.7 Å². The van der Waals surface area contributed by atoms with Crippen LogP contribution in [0.15, 0.2) is 48.5 Å². The maximum atomic E-state index is 12.9. The molecule has 0 spiro atoms. The predicted octanol–water partition coefficient (Wildman–Crippen LogP) is 3.62. The third-order valence-corrected chi connectivity index (χ3v) is 4.81. The molecule has 2 amide bonds. The van der Waals surface area contributed by atoms with Crippen molar-refractivity contribution in [3.8, 4) is 11.5 Å². The van der Waals surface area contributed by atoms with E-state index in [1.807, 2.05) is 17.0 Å². The van der Waals surface area contributed by atoms with Gasteiger partial charge in [0.25, 0.3) is 0 Å². The number of carbonyl (C=O) groups is 1. The summed E-state index contributed by atoms with van der Waals surface area (Å²) in [5.74, 6) is 1.22. The number of ether oxygens (including phenoxy) is 2. The Morgan fingerprint density at radius 2 is 1.73 bits per heavy atom. The van der Waals surface area contributed by atoms with Crippen LogP contribution in [-0.2, 0) is 6.18 Å². The number of methoxy groups -OCH3 is 1. The highest BCUT2D eigenvalue weighted by Crippen LogP contribution is 2.32. The van der Waals surface area contributed by atoms with Gasteiger partial charge in [-0.1, -0.05) is 18.2 Å². The molecule has 9 heteroatoms. The number of nitrogens with one attached hydrogen (secondary N) is 1. The first kappa shape index (κ1) is 21.6. The molecule has 2 aromatic rings. The number of benzene rings is 2. The summed E-state index contributed by atoms with van der Waals surface area (Å²) in [7, 11) is 1.56. The van der Waals surface area contributed by atoms with Crippen molar-refractivity contribution < 1.29 is 27.4 Å². The lowest BCUT2D eigenvalue weighted by atomic mass is 10.1. The van der Waals surface area contributed by atoms with Crippen molar-refractivity contribution in [2.75, 3.05) is 51.3 Å². The fraction of sp³-hybridized carbons (Fsp3) is 0.381. The van der Waals surface area contributed by atoms with Gasteiger partial charge in [-0.25, -0.2) is 4.79 Å². The van der Waals surface area contributed by atoms with Gasteiger partial charge in [-0.3, -0.25) is 0 Å². The highest BCUT2D eigenvalue weighted by Gasteiger charge is 2.31. The van der Waals surface area contributed by atoms with Gasteiger partial charge >= 0.3 is 12.2 Å². The number of hydrogen-bond acceptors (Lipinski definition) is 4. The Hall–Kier alpha value is -3.10. The number of amides is 2. The van der Waals surface area contributed by atoms with Crippen molar-refractivity contribution in [3.05, 3.63) is 54.1 Å². The maximum absolute atomic E-state index is 12.9. The first-order valence-corrected chi connectivity index (χ1v) is 9.59. The molecule has 0 bridgehead atoms. The average Bonchev–Trinajstić information content (AvgIpc) is 2.76. The first-order valence-electron chi connectivity index (χ1n) is 9.59. The van der Waals surface area contributed by atoms with E-state index in [0.717, 1.165) is 12.1 Å². The molecule has 0 aromatic heterocycles. The van der Waals surface area contributed by atoms with Crippen molar-refractivity contribution in [2.45, 2.75) is 6.18 Å². The molecule has 0 saturated carbocycles. The number of rotatable bonds is 6. The van der Waals surface area contributed by atoms with E-state index in [0.29, 0.717) is 49.9 Å². The number of hydrogen-bond donors (Lipinski definition) is 1. The Labute approximate surface area is 173 Å². The minimum atomic E-state index is -4.37. The summed E-state index contributed by atoms with van der Waals surface area (Å²) >= 11 is 0. The van der Waals surface area contributed by atoms with Gasteiger partial charge in [-0.05, 0) is 30.3 Å². The van der Waals surface area contributed by atoms with Crippen LogP contribution in [0.5, 0.6) is 11.5 Å². The van der Waals surface area contributed by atoms with Crippen LogP contribution in [0, 0.1) is 0 Å². The molecule has 1 fully saturated rings. The number of nitrogens with zero attached hydrogens (tertiary/aromatic N) is 2. The van der Waals surface area contributed by atoms with Gasteiger partial charge in [-0.2, -0.15) is 13.2 Å². The normalized spacial score (nSPS) is 14.4. The predicted molar refractivity (Wildman–Crippen MR) is 107 cm³/mol. The van der Waals surface area contributed by atoms with E-state index >= 15 is 0 Å². The molecule has 1 saturated heterocycles. The van der Waals surface area contributed by atoms with Gasteiger partial charge in [0.2, 0.25) is 0 Å². The number of anilines is 1. The molecule has 30 heavy (non-hydrogen) atoms. The summed E-state index contributed by atoms with van der Waals surface area (Å²) in [5, 5.41) is 2.80. The molecular formula is C21H24F3N3O3. The molecule has 1 aliphatic heterocycles. The molecule has 0 aliphatic carbocycles. The molecule has 162 valence electrons. The Morgan fingerprint density at radius 1 is 1.03 bits per heavy atom. The topological polar surface area (TPSA) is 54.0 Å². The molecule has 1 aliphatic rings. The largest absolute Gasteiger partial charge is 0.493 e. The fourth-order valence-electron chi connectivity index (χ4n) is 3.22. The van der Waals surface area contributed by atoms with E-state index in [1.54, 1.807) is 30.2 Å². The van der Waals surface area contributed by atoms with Crippen LogP contribution in [0.2, 0.25) is 0 Å². The molecule has 0 unspecified atom stereocenters. The summed E-state index contributed by atoms with van der Waals surface area (Å²) in [4.78, 5) is 15.8. The standard InChI is InChI=1S/C21H24F3N3O3/c1-29-18-7-2-3-8-19(18)30-14-9-25-20(28)27-12-10-26(11-13-27)17-6-4-5-16(15-17)21(22,23)24/h2-8,15H,9-14H2,1H3,(H,25,28). The van der Waals surface area contributed by atoms with Crippen LogP contribution in [-0.4, -0.2) is 57.4 Å². The lowest BCUT2D eigenvalue weighted by Gasteiger charge is -2.36. The smallest absolute Gasteiger partial charge is 0.416 e. The van der Waals surface area contributed by atoms with Crippen molar-refractivity contribution in [2.24, 2.45) is 0 Å². The summed E-state index contributed by atoms with van der Waals surface area (Å²) in [5.41, 5.74) is -0.162. The van der Waals surface area contributed by atoms with E-state index < -0.39 is 11.7 Å². The van der Waals surface area contributed by atoms with Crippen LogP contribution in [0.3, 0.4) is 0 Å². The fourth-order valence-corrected chi connectivity index (χ4v) is 3.22. The zero-order chi connectivity index (χ0) is 21.6. The van der Waals surface area contributed by atoms with Crippen LogP contribution in [0.25, 0.3) is 0 Å². The van der Waals surface area contributed by atoms with E-state index in [4.69, 9.17) is 9.47 Å². The van der Waals surface area contributed by atoms with Crippen molar-refractivity contribution in [1.82, 2.24) is 10.2 Å². The summed E-state index contributed by atoms with van der Waals surface area (Å²) in [6, 6.07) is 12.3. The Balaban J connectivity index is 1.43. The van der Waals surface area contributed by atoms with Crippen LogP contribution >= 0.6 is 0 Å². The number of alkyl halides is 3. The number of urea groups is 1. The molecule has 0 atom stereocenters. The third kappa shape index (κ3) is 5.49. The SMILES string of the molecule is COc1ccccc1OCCNC(=O)N1CCN(c2cccc(C(F)(F)F)c2)CC1. The average molecular weight is 423 g/mol. The van der Waals surface area contributed by atoms with Gasteiger partial charge in [0.15, 0.2) is 11.5 Å². The highest BCUT2D eigenvalue weighted by atomic mass is 19.4. The van der Waals surface area contributed by atoms with Gasteiger partial charge < -0.3 is 24.6 Å². The van der Waals surface area contributed by atoms with Crippen molar-refractivity contribution in [1.29, 1.82) is 0 Å². The molecule has 1 N–H and O–H groups in total.